The molecule has 0 saturated carbocycles. The van der Waals surface area contributed by atoms with E-state index < -0.39 is 24.6 Å². The van der Waals surface area contributed by atoms with Crippen LogP contribution in [0.1, 0.15) is 43.7 Å². The molecule has 24 heavy (non-hydrogen) atoms. The molecule has 1 saturated heterocycles. The SMILES string of the molecule is CCCCc1ccc(CC(=O)N2CCC(O)(C(F)(F)F)CC2)cc1. The van der Waals surface area contributed by atoms with Gasteiger partial charge in [0, 0.05) is 25.9 Å². The Morgan fingerprint density at radius 2 is 1.71 bits per heavy atom. The van der Waals surface area contributed by atoms with Gasteiger partial charge in [-0.3, -0.25) is 4.79 Å². The molecule has 0 bridgehead atoms. The van der Waals surface area contributed by atoms with Crippen molar-refractivity contribution in [1.29, 1.82) is 0 Å². The Morgan fingerprint density at radius 3 is 2.21 bits per heavy atom. The zero-order valence-electron chi connectivity index (χ0n) is 13.9. The number of amides is 1. The molecule has 134 valence electrons. The summed E-state index contributed by atoms with van der Waals surface area (Å²) in [6, 6.07) is 7.80. The number of aliphatic hydroxyl groups is 1. The van der Waals surface area contributed by atoms with E-state index in [1.54, 1.807) is 0 Å². The second-order valence-electron chi connectivity index (χ2n) is 6.51. The summed E-state index contributed by atoms with van der Waals surface area (Å²) >= 11 is 0. The predicted octanol–water partition coefficient (Wildman–Crippen LogP) is 3.49. The number of carbonyl (C=O) groups is 1. The average molecular weight is 343 g/mol. The minimum Gasteiger partial charge on any atom is -0.380 e. The van der Waals surface area contributed by atoms with Gasteiger partial charge in [-0.1, -0.05) is 37.6 Å². The quantitative estimate of drug-likeness (QED) is 0.889. The van der Waals surface area contributed by atoms with Crippen LogP contribution in [0.25, 0.3) is 0 Å². The molecule has 1 N–H and O–H groups in total. The third-order valence-electron chi connectivity index (χ3n) is 4.67. The minimum atomic E-state index is -4.64. The molecule has 6 heteroatoms. The van der Waals surface area contributed by atoms with Crippen LogP contribution >= 0.6 is 0 Å². The number of unbranched alkanes of at least 4 members (excludes halogenated alkanes) is 1. The van der Waals surface area contributed by atoms with E-state index in [0.717, 1.165) is 24.8 Å². The first-order valence-corrected chi connectivity index (χ1v) is 8.40. The topological polar surface area (TPSA) is 40.5 Å². The van der Waals surface area contributed by atoms with E-state index >= 15 is 0 Å². The van der Waals surface area contributed by atoms with Gasteiger partial charge in [-0.2, -0.15) is 13.2 Å². The van der Waals surface area contributed by atoms with Gasteiger partial charge in [-0.15, -0.1) is 0 Å². The van der Waals surface area contributed by atoms with Crippen molar-refractivity contribution in [3.05, 3.63) is 35.4 Å². The van der Waals surface area contributed by atoms with Crippen LogP contribution in [0.3, 0.4) is 0 Å². The molecule has 1 fully saturated rings. The molecular weight excluding hydrogens is 319 g/mol. The van der Waals surface area contributed by atoms with Gasteiger partial charge in [-0.25, -0.2) is 0 Å². The van der Waals surface area contributed by atoms with Gasteiger partial charge in [-0.05, 0) is 24.0 Å². The second-order valence-corrected chi connectivity index (χ2v) is 6.51. The number of hydrogen-bond acceptors (Lipinski definition) is 2. The Bertz CT molecular complexity index is 546. The highest BCUT2D eigenvalue weighted by atomic mass is 19.4. The van der Waals surface area contributed by atoms with E-state index in [4.69, 9.17) is 0 Å². The van der Waals surface area contributed by atoms with Crippen LogP contribution in [-0.4, -0.2) is 40.8 Å². The van der Waals surface area contributed by atoms with E-state index in [0.29, 0.717) is 0 Å². The van der Waals surface area contributed by atoms with Crippen LogP contribution in [0.2, 0.25) is 0 Å². The lowest BCUT2D eigenvalue weighted by atomic mass is 9.90. The molecule has 0 aliphatic carbocycles. The number of carbonyl (C=O) groups excluding carboxylic acids is 1. The fraction of sp³-hybridized carbons (Fsp3) is 0.611. The molecule has 1 heterocycles. The number of likely N-dealkylation sites (tertiary alicyclic amines) is 1. The van der Waals surface area contributed by atoms with Crippen molar-refractivity contribution < 1.29 is 23.1 Å². The first-order valence-electron chi connectivity index (χ1n) is 8.40. The molecular formula is C18H24F3NO2. The zero-order valence-corrected chi connectivity index (χ0v) is 13.9. The standard InChI is InChI=1S/C18H24F3NO2/c1-2-3-4-14-5-7-15(8-6-14)13-16(23)22-11-9-17(24,10-12-22)18(19,20)21/h5-8,24H,2-4,9-13H2,1H3. The summed E-state index contributed by atoms with van der Waals surface area (Å²) < 4.78 is 38.3. The van der Waals surface area contributed by atoms with Gasteiger partial charge in [0.2, 0.25) is 5.91 Å². The summed E-state index contributed by atoms with van der Waals surface area (Å²) in [7, 11) is 0. The number of hydrogen-bond donors (Lipinski definition) is 1. The van der Waals surface area contributed by atoms with Crippen LogP contribution in [0, 0.1) is 0 Å². The number of halogens is 3. The van der Waals surface area contributed by atoms with E-state index in [1.165, 1.54) is 10.5 Å². The van der Waals surface area contributed by atoms with E-state index in [1.807, 2.05) is 24.3 Å². The zero-order chi connectivity index (χ0) is 17.8. The summed E-state index contributed by atoms with van der Waals surface area (Å²) in [5.41, 5.74) is -0.580. The van der Waals surface area contributed by atoms with Gasteiger partial charge in [0.1, 0.15) is 0 Å². The first kappa shape index (κ1) is 18.8. The normalized spacial score (nSPS) is 17.8. The Kier molecular flexibility index (Phi) is 5.91. The molecule has 1 aliphatic rings. The van der Waals surface area contributed by atoms with Crippen molar-refractivity contribution in [2.45, 2.75) is 57.2 Å². The molecule has 1 amide bonds. The Balaban J connectivity index is 1.87. The maximum atomic E-state index is 12.8. The van der Waals surface area contributed by atoms with Gasteiger partial charge < -0.3 is 10.0 Å². The number of nitrogens with zero attached hydrogens (tertiary/aromatic N) is 1. The number of alkyl halides is 3. The second kappa shape index (κ2) is 7.55. The lowest BCUT2D eigenvalue weighted by Gasteiger charge is -2.39. The van der Waals surface area contributed by atoms with Crippen molar-refractivity contribution in [3.8, 4) is 0 Å². The maximum absolute atomic E-state index is 12.8. The predicted molar refractivity (Wildman–Crippen MR) is 85.6 cm³/mol. The van der Waals surface area contributed by atoms with Gasteiger partial charge >= 0.3 is 6.18 Å². The van der Waals surface area contributed by atoms with Crippen LogP contribution in [0.4, 0.5) is 13.2 Å². The first-order chi connectivity index (χ1) is 11.2. The fourth-order valence-corrected chi connectivity index (χ4v) is 2.90. The largest absolute Gasteiger partial charge is 0.417 e. The molecule has 1 aromatic rings. The molecule has 3 nitrogen and oxygen atoms in total. The summed E-state index contributed by atoms with van der Waals surface area (Å²) in [6.45, 7) is 2.00. The molecule has 0 aromatic heterocycles. The smallest absolute Gasteiger partial charge is 0.380 e. The molecule has 0 atom stereocenters. The van der Waals surface area contributed by atoms with E-state index in [-0.39, 0.29) is 25.4 Å². The minimum absolute atomic E-state index is 0.0660. The Hall–Kier alpha value is -1.56. The number of aryl methyl sites for hydroxylation is 1. The number of benzene rings is 1. The fourth-order valence-electron chi connectivity index (χ4n) is 2.90. The highest BCUT2D eigenvalue weighted by Gasteiger charge is 2.54. The summed E-state index contributed by atoms with van der Waals surface area (Å²) in [5.74, 6) is -0.194. The third kappa shape index (κ3) is 4.50. The monoisotopic (exact) mass is 343 g/mol. The summed E-state index contributed by atoms with van der Waals surface area (Å²) in [6.07, 6.45) is -2.13. The molecule has 1 aromatic carbocycles. The van der Waals surface area contributed by atoms with Gasteiger partial charge in [0.15, 0.2) is 5.60 Å². The molecule has 1 aliphatic heterocycles. The van der Waals surface area contributed by atoms with E-state index in [2.05, 4.69) is 6.92 Å². The summed E-state index contributed by atoms with van der Waals surface area (Å²) in [4.78, 5) is 13.7. The molecule has 0 unspecified atom stereocenters. The van der Waals surface area contributed by atoms with Crippen LogP contribution in [-0.2, 0) is 17.6 Å². The van der Waals surface area contributed by atoms with Crippen molar-refractivity contribution in [3.63, 3.8) is 0 Å². The van der Waals surface area contributed by atoms with Gasteiger partial charge in [0.25, 0.3) is 0 Å². The molecule has 2 rings (SSSR count). The molecule has 0 spiro atoms. The van der Waals surface area contributed by atoms with Crippen molar-refractivity contribution in [2.75, 3.05) is 13.1 Å². The van der Waals surface area contributed by atoms with Crippen molar-refractivity contribution in [2.24, 2.45) is 0 Å². The lowest BCUT2D eigenvalue weighted by molar-refractivity contribution is -0.272. The maximum Gasteiger partial charge on any atom is 0.417 e. The Morgan fingerprint density at radius 1 is 1.17 bits per heavy atom. The van der Waals surface area contributed by atoms with Gasteiger partial charge in [0.05, 0.1) is 6.42 Å². The van der Waals surface area contributed by atoms with Crippen molar-refractivity contribution in [1.82, 2.24) is 4.90 Å². The van der Waals surface area contributed by atoms with Crippen LogP contribution in [0.5, 0.6) is 0 Å². The summed E-state index contributed by atoms with van der Waals surface area (Å²) in [5, 5.41) is 9.64. The highest BCUT2D eigenvalue weighted by Crippen LogP contribution is 2.38. The average Bonchev–Trinajstić information content (AvgIpc) is 2.54. The third-order valence-corrected chi connectivity index (χ3v) is 4.67. The molecule has 0 radical (unpaired) electrons. The highest BCUT2D eigenvalue weighted by molar-refractivity contribution is 5.78. The Labute approximate surface area is 140 Å². The number of rotatable bonds is 5. The lowest BCUT2D eigenvalue weighted by Crippen LogP contribution is -2.54. The van der Waals surface area contributed by atoms with Crippen LogP contribution < -0.4 is 0 Å². The van der Waals surface area contributed by atoms with Crippen LogP contribution in [0.15, 0.2) is 24.3 Å². The van der Waals surface area contributed by atoms with E-state index in [9.17, 15) is 23.1 Å². The van der Waals surface area contributed by atoms with Crippen molar-refractivity contribution >= 4 is 5.91 Å². The number of piperidine rings is 1.